The van der Waals surface area contributed by atoms with Gasteiger partial charge >= 0.3 is 6.03 Å². The number of hydrogen-bond donors (Lipinski definition) is 2. The molecule has 1 atom stereocenters. The van der Waals surface area contributed by atoms with E-state index in [9.17, 15) is 4.79 Å². The molecule has 2 aromatic carbocycles. The molecule has 29 heavy (non-hydrogen) atoms. The van der Waals surface area contributed by atoms with Crippen LogP contribution in [0.2, 0.25) is 0 Å². The van der Waals surface area contributed by atoms with Crippen LogP contribution in [0.25, 0.3) is 11.1 Å². The van der Waals surface area contributed by atoms with Gasteiger partial charge in [0.05, 0.1) is 12.3 Å². The first-order chi connectivity index (χ1) is 14.3. The van der Waals surface area contributed by atoms with Crippen LogP contribution in [0.4, 0.5) is 9.93 Å². The fourth-order valence-electron chi connectivity index (χ4n) is 2.86. The second-order valence-electron chi connectivity index (χ2n) is 6.31. The van der Waals surface area contributed by atoms with Crippen molar-refractivity contribution in [2.75, 3.05) is 18.5 Å². The average Bonchev–Trinajstić information content (AvgIpc) is 3.44. The largest absolute Gasteiger partial charge is 0.489 e. The number of amides is 2. The van der Waals surface area contributed by atoms with E-state index in [-0.39, 0.29) is 12.1 Å². The van der Waals surface area contributed by atoms with E-state index < -0.39 is 0 Å². The zero-order valence-corrected chi connectivity index (χ0v) is 16.3. The zero-order chi connectivity index (χ0) is 19.9. The number of carbonyl (C=O) groups is 1. The van der Waals surface area contributed by atoms with Crippen LogP contribution in [0.5, 0.6) is 5.75 Å². The molecule has 0 aliphatic carbocycles. The van der Waals surface area contributed by atoms with Crippen LogP contribution in [0, 0.1) is 0 Å². The molecule has 8 nitrogen and oxygen atoms in total. The maximum absolute atomic E-state index is 11.8. The number of oxime groups is 1. The Morgan fingerprint density at radius 3 is 2.83 bits per heavy atom. The first-order valence-corrected chi connectivity index (χ1v) is 9.96. The van der Waals surface area contributed by atoms with Gasteiger partial charge in [-0.2, -0.15) is 0 Å². The van der Waals surface area contributed by atoms with Crippen LogP contribution >= 0.6 is 11.3 Å². The highest BCUT2D eigenvalue weighted by molar-refractivity contribution is 7.13. The van der Waals surface area contributed by atoms with Crippen molar-refractivity contribution in [2.45, 2.75) is 12.5 Å². The minimum atomic E-state index is -0.360. The van der Waals surface area contributed by atoms with Crippen LogP contribution in [0.15, 0.2) is 65.3 Å². The van der Waals surface area contributed by atoms with Crippen molar-refractivity contribution in [3.63, 3.8) is 0 Å². The Labute approximate surface area is 171 Å². The lowest BCUT2D eigenvalue weighted by molar-refractivity contribution is 0.0472. The molecule has 0 spiro atoms. The summed E-state index contributed by atoms with van der Waals surface area (Å²) in [6.07, 6.45) is 0.397. The van der Waals surface area contributed by atoms with Crippen molar-refractivity contribution in [3.8, 4) is 16.9 Å². The summed E-state index contributed by atoms with van der Waals surface area (Å²) < 4.78 is 6.01. The van der Waals surface area contributed by atoms with Gasteiger partial charge in [0.25, 0.3) is 0 Å². The second kappa shape index (κ2) is 9.16. The monoisotopic (exact) mass is 409 g/mol. The van der Waals surface area contributed by atoms with Crippen LogP contribution in [-0.2, 0) is 4.84 Å². The van der Waals surface area contributed by atoms with Gasteiger partial charge in [-0.3, -0.25) is 5.32 Å². The number of rotatable bonds is 7. The molecular formula is C20H19N5O3S. The number of aromatic nitrogens is 2. The minimum Gasteiger partial charge on any atom is -0.489 e. The van der Waals surface area contributed by atoms with Gasteiger partial charge in [-0.15, -0.1) is 10.2 Å². The lowest BCUT2D eigenvalue weighted by Gasteiger charge is -2.14. The van der Waals surface area contributed by atoms with Crippen molar-refractivity contribution in [1.82, 2.24) is 15.5 Å². The molecule has 1 aromatic heterocycles. The van der Waals surface area contributed by atoms with Crippen molar-refractivity contribution in [3.05, 3.63) is 60.1 Å². The number of benzene rings is 2. The smallest absolute Gasteiger partial charge is 0.321 e. The van der Waals surface area contributed by atoms with Gasteiger partial charge in [-0.25, -0.2) is 4.79 Å². The van der Waals surface area contributed by atoms with Gasteiger partial charge in [0.15, 0.2) is 6.10 Å². The number of ether oxygens (including phenoxy) is 1. The highest BCUT2D eigenvalue weighted by atomic mass is 32.1. The molecule has 0 saturated heterocycles. The Morgan fingerprint density at radius 2 is 2.00 bits per heavy atom. The molecular weight excluding hydrogens is 390 g/mol. The van der Waals surface area contributed by atoms with E-state index in [0.717, 1.165) is 22.6 Å². The summed E-state index contributed by atoms with van der Waals surface area (Å²) in [7, 11) is 0. The fraction of sp³-hybridized carbons (Fsp3) is 0.200. The van der Waals surface area contributed by atoms with E-state index in [1.54, 1.807) is 5.51 Å². The molecule has 0 fully saturated rings. The maximum Gasteiger partial charge on any atom is 0.321 e. The van der Waals surface area contributed by atoms with E-state index >= 15 is 0 Å². The van der Waals surface area contributed by atoms with Crippen molar-refractivity contribution in [2.24, 2.45) is 5.16 Å². The maximum atomic E-state index is 11.8. The standard InChI is InChI=1S/C20H19N5O3S/c26-19(23-20-24-22-13-29-20)21-11-15-10-16(28-25-15)12-27-18-9-5-4-8-17(18)14-6-2-1-3-7-14/h1-9,13,16H,10-12H2,(H2,21,23,24,26). The number of nitrogens with one attached hydrogen (secondary N) is 2. The molecule has 2 amide bonds. The van der Waals surface area contributed by atoms with Crippen molar-refractivity contribution >= 4 is 28.2 Å². The molecule has 3 aromatic rings. The van der Waals surface area contributed by atoms with Gasteiger partial charge in [0, 0.05) is 12.0 Å². The summed E-state index contributed by atoms with van der Waals surface area (Å²) in [4.78, 5) is 17.3. The average molecular weight is 409 g/mol. The third kappa shape index (κ3) is 5.08. The van der Waals surface area contributed by atoms with Gasteiger partial charge in [-0.1, -0.05) is 65.0 Å². The quantitative estimate of drug-likeness (QED) is 0.622. The number of hydrogen-bond acceptors (Lipinski definition) is 7. The van der Waals surface area contributed by atoms with E-state index in [1.165, 1.54) is 11.3 Å². The van der Waals surface area contributed by atoms with Crippen molar-refractivity contribution in [1.29, 1.82) is 0 Å². The highest BCUT2D eigenvalue weighted by Crippen LogP contribution is 2.30. The molecule has 1 aliphatic rings. The van der Waals surface area contributed by atoms with E-state index in [1.807, 2.05) is 54.6 Å². The van der Waals surface area contributed by atoms with E-state index in [4.69, 9.17) is 9.57 Å². The molecule has 4 rings (SSSR count). The summed E-state index contributed by atoms with van der Waals surface area (Å²) in [5.41, 5.74) is 4.42. The predicted molar refractivity (Wildman–Crippen MR) is 111 cm³/mol. The van der Waals surface area contributed by atoms with Gasteiger partial charge in [0.2, 0.25) is 5.13 Å². The number of carbonyl (C=O) groups excluding carboxylic acids is 1. The van der Waals surface area contributed by atoms with Crippen LogP contribution in [0.3, 0.4) is 0 Å². The summed E-state index contributed by atoms with van der Waals surface area (Å²) in [6.45, 7) is 0.662. The van der Waals surface area contributed by atoms with Gasteiger partial charge in [0.1, 0.15) is 17.9 Å². The second-order valence-corrected chi connectivity index (χ2v) is 7.15. The molecule has 0 bridgehead atoms. The summed E-state index contributed by atoms with van der Waals surface area (Å²) in [5.74, 6) is 0.797. The number of urea groups is 1. The molecule has 148 valence electrons. The Bertz CT molecular complexity index is 979. The Hall–Kier alpha value is -3.46. The lowest BCUT2D eigenvalue weighted by Crippen LogP contribution is -2.33. The number of para-hydroxylation sites is 1. The lowest BCUT2D eigenvalue weighted by atomic mass is 10.0. The van der Waals surface area contributed by atoms with Gasteiger partial charge in [-0.05, 0) is 11.6 Å². The summed E-state index contributed by atoms with van der Waals surface area (Å²) in [6, 6.07) is 17.6. The molecule has 2 N–H and O–H groups in total. The summed E-state index contributed by atoms with van der Waals surface area (Å²) >= 11 is 1.25. The molecule has 1 aliphatic heterocycles. The molecule has 0 saturated carbocycles. The number of anilines is 1. The van der Waals surface area contributed by atoms with Crippen molar-refractivity contribution < 1.29 is 14.4 Å². The molecule has 9 heteroatoms. The highest BCUT2D eigenvalue weighted by Gasteiger charge is 2.22. The van der Waals surface area contributed by atoms with Crippen LogP contribution in [0.1, 0.15) is 6.42 Å². The first-order valence-electron chi connectivity index (χ1n) is 9.08. The predicted octanol–water partition coefficient (Wildman–Crippen LogP) is 3.55. The Balaban J connectivity index is 1.25. The third-order valence-electron chi connectivity index (χ3n) is 4.22. The Morgan fingerprint density at radius 1 is 1.17 bits per heavy atom. The topological polar surface area (TPSA) is 97.7 Å². The van der Waals surface area contributed by atoms with Crippen LogP contribution < -0.4 is 15.4 Å². The fourth-order valence-corrected chi connectivity index (χ4v) is 3.30. The third-order valence-corrected chi connectivity index (χ3v) is 4.83. The molecule has 1 unspecified atom stereocenters. The molecule has 2 heterocycles. The Kier molecular flexibility index (Phi) is 5.96. The van der Waals surface area contributed by atoms with Gasteiger partial charge < -0.3 is 14.9 Å². The summed E-state index contributed by atoms with van der Waals surface area (Å²) in [5, 5.41) is 17.2. The number of nitrogens with zero attached hydrogens (tertiary/aromatic N) is 3. The van der Waals surface area contributed by atoms with Crippen LogP contribution in [-0.4, -0.2) is 41.2 Å². The van der Waals surface area contributed by atoms with E-state index in [2.05, 4.69) is 26.0 Å². The minimum absolute atomic E-state index is 0.193. The normalized spacial score (nSPS) is 15.3. The first kappa shape index (κ1) is 18.9. The molecule has 0 radical (unpaired) electrons. The zero-order valence-electron chi connectivity index (χ0n) is 15.4. The SMILES string of the molecule is O=C(NCC1=NOC(COc2ccccc2-c2ccccc2)C1)Nc1nncs1. The van der Waals surface area contributed by atoms with E-state index in [0.29, 0.717) is 24.7 Å².